The molecule has 0 aromatic carbocycles. The zero-order valence-corrected chi connectivity index (χ0v) is 8.82. The lowest BCUT2D eigenvalue weighted by atomic mass is 10.2. The van der Waals surface area contributed by atoms with Crippen LogP contribution in [0.1, 0.15) is 18.9 Å². The summed E-state index contributed by atoms with van der Waals surface area (Å²) in [6.07, 6.45) is 1.15. The molecule has 0 amide bonds. The molecule has 0 saturated carbocycles. The van der Waals surface area contributed by atoms with Gasteiger partial charge in [-0.1, -0.05) is 0 Å². The third kappa shape index (κ3) is 2.47. The van der Waals surface area contributed by atoms with Crippen LogP contribution in [0.5, 0.6) is 0 Å². The third-order valence-corrected chi connectivity index (χ3v) is 4.01. The molecule has 74 valence electrons. The van der Waals surface area contributed by atoms with Crippen LogP contribution in [0.25, 0.3) is 0 Å². The molecular formula is C6H10N2O3S2. The number of hydrogen-bond donors (Lipinski definition) is 2. The number of aliphatic hydroxyl groups is 1. The average molecular weight is 222 g/mol. The van der Waals surface area contributed by atoms with Gasteiger partial charge >= 0.3 is 0 Å². The maximum absolute atomic E-state index is 10.8. The Hall–Kier alpha value is -0.500. The van der Waals surface area contributed by atoms with Gasteiger partial charge in [0.15, 0.2) is 4.21 Å². The highest BCUT2D eigenvalue weighted by Gasteiger charge is 2.23. The number of sulfonamides is 1. The predicted molar refractivity (Wildman–Crippen MR) is 48.7 cm³/mol. The van der Waals surface area contributed by atoms with Gasteiger partial charge in [0.2, 0.25) is 10.0 Å². The highest BCUT2D eigenvalue weighted by atomic mass is 32.2. The van der Waals surface area contributed by atoms with E-state index < -0.39 is 15.6 Å². The molecule has 1 rings (SSSR count). The van der Waals surface area contributed by atoms with E-state index in [4.69, 9.17) is 5.14 Å². The highest BCUT2D eigenvalue weighted by molar-refractivity contribution is 7.91. The lowest BCUT2D eigenvalue weighted by molar-refractivity contribution is 0.0783. The van der Waals surface area contributed by atoms with Crippen LogP contribution < -0.4 is 5.14 Å². The van der Waals surface area contributed by atoms with Crippen LogP contribution in [0.3, 0.4) is 0 Å². The Balaban J connectivity index is 3.16. The molecule has 5 nitrogen and oxygen atoms in total. The van der Waals surface area contributed by atoms with Crippen LogP contribution >= 0.6 is 11.3 Å². The first kappa shape index (κ1) is 10.6. The summed E-state index contributed by atoms with van der Waals surface area (Å²) in [5.41, 5.74) is -1.13. The van der Waals surface area contributed by atoms with Gasteiger partial charge in [-0.3, -0.25) is 0 Å². The summed E-state index contributed by atoms with van der Waals surface area (Å²) in [6.45, 7) is 3.05. The summed E-state index contributed by atoms with van der Waals surface area (Å²) in [5.74, 6) is 0. The molecule has 0 saturated heterocycles. The zero-order valence-electron chi connectivity index (χ0n) is 7.18. The molecule has 1 heterocycles. The Morgan fingerprint density at radius 3 is 2.38 bits per heavy atom. The first-order valence-electron chi connectivity index (χ1n) is 3.43. The van der Waals surface area contributed by atoms with E-state index in [0.29, 0.717) is 5.01 Å². The highest BCUT2D eigenvalue weighted by Crippen LogP contribution is 2.26. The largest absolute Gasteiger partial charge is 0.383 e. The van der Waals surface area contributed by atoms with Crippen LogP contribution in [-0.2, 0) is 15.6 Å². The van der Waals surface area contributed by atoms with E-state index in [-0.39, 0.29) is 4.21 Å². The molecule has 0 aliphatic heterocycles. The van der Waals surface area contributed by atoms with Gasteiger partial charge in [0.05, 0.1) is 6.20 Å². The summed E-state index contributed by atoms with van der Waals surface area (Å²) in [6, 6.07) is 0. The summed E-state index contributed by atoms with van der Waals surface area (Å²) < 4.78 is 21.6. The normalized spacial score (nSPS) is 13.2. The zero-order chi connectivity index (χ0) is 10.3. The van der Waals surface area contributed by atoms with Crippen molar-refractivity contribution in [3.8, 4) is 0 Å². The van der Waals surface area contributed by atoms with Gasteiger partial charge in [0, 0.05) is 0 Å². The fourth-order valence-electron chi connectivity index (χ4n) is 0.674. The van der Waals surface area contributed by atoms with Gasteiger partial charge < -0.3 is 5.11 Å². The molecule has 0 unspecified atom stereocenters. The number of thiazole rings is 1. The molecular weight excluding hydrogens is 212 g/mol. The first-order chi connectivity index (χ1) is 5.71. The van der Waals surface area contributed by atoms with E-state index in [9.17, 15) is 13.5 Å². The van der Waals surface area contributed by atoms with Crippen LogP contribution in [-0.4, -0.2) is 18.5 Å². The van der Waals surface area contributed by atoms with Crippen molar-refractivity contribution < 1.29 is 13.5 Å². The van der Waals surface area contributed by atoms with Crippen molar-refractivity contribution in [1.29, 1.82) is 0 Å². The molecule has 0 fully saturated rings. The van der Waals surface area contributed by atoms with Gasteiger partial charge in [-0.15, -0.1) is 11.3 Å². The van der Waals surface area contributed by atoms with E-state index in [1.807, 2.05) is 0 Å². The van der Waals surface area contributed by atoms with Crippen molar-refractivity contribution in [2.24, 2.45) is 5.14 Å². The number of primary sulfonamides is 1. The Labute approximate surface area is 80.3 Å². The fraction of sp³-hybridized carbons (Fsp3) is 0.500. The Morgan fingerprint density at radius 2 is 2.15 bits per heavy atom. The fourth-order valence-corrected chi connectivity index (χ4v) is 2.23. The minimum absolute atomic E-state index is 0.0374. The van der Waals surface area contributed by atoms with Gasteiger partial charge in [-0.05, 0) is 13.8 Å². The Morgan fingerprint density at radius 1 is 1.62 bits per heavy atom. The number of nitrogens with two attached hydrogens (primary N) is 1. The molecule has 3 N–H and O–H groups in total. The molecule has 7 heteroatoms. The monoisotopic (exact) mass is 222 g/mol. The minimum Gasteiger partial charge on any atom is -0.383 e. The van der Waals surface area contributed by atoms with Crippen molar-refractivity contribution in [1.82, 2.24) is 4.98 Å². The SMILES string of the molecule is CC(C)(O)c1ncc(S(N)(=O)=O)s1. The lowest BCUT2D eigenvalue weighted by Crippen LogP contribution is -2.14. The standard InChI is InChI=1S/C6H10N2O3S2/c1-6(2,9)5-8-3-4(12-5)13(7,10)11/h3,9H,1-2H3,(H2,7,10,11). The summed E-state index contributed by atoms with van der Waals surface area (Å²) >= 11 is 0.873. The second-order valence-corrected chi connectivity index (χ2v) is 5.91. The van der Waals surface area contributed by atoms with Crippen molar-refractivity contribution in [2.75, 3.05) is 0 Å². The lowest BCUT2D eigenvalue weighted by Gasteiger charge is -2.11. The minimum atomic E-state index is -3.70. The molecule has 1 aromatic rings. The Bertz CT molecular complexity index is 402. The first-order valence-corrected chi connectivity index (χ1v) is 5.79. The number of nitrogens with zero attached hydrogens (tertiary/aromatic N) is 1. The van der Waals surface area contributed by atoms with Crippen molar-refractivity contribution in [2.45, 2.75) is 23.7 Å². The number of aromatic nitrogens is 1. The van der Waals surface area contributed by atoms with Gasteiger partial charge in [0.1, 0.15) is 10.6 Å². The Kier molecular flexibility index (Phi) is 2.46. The molecule has 0 bridgehead atoms. The second kappa shape index (κ2) is 3.02. The van der Waals surface area contributed by atoms with Crippen molar-refractivity contribution in [3.05, 3.63) is 11.2 Å². The smallest absolute Gasteiger partial charge is 0.249 e. The van der Waals surface area contributed by atoms with E-state index in [1.165, 1.54) is 13.8 Å². The summed E-state index contributed by atoms with van der Waals surface area (Å²) in [5, 5.41) is 14.7. The summed E-state index contributed by atoms with van der Waals surface area (Å²) in [4.78, 5) is 3.76. The second-order valence-electron chi connectivity index (χ2n) is 3.09. The maximum atomic E-state index is 10.8. The van der Waals surface area contributed by atoms with E-state index in [2.05, 4.69) is 4.98 Å². The maximum Gasteiger partial charge on any atom is 0.249 e. The average Bonchev–Trinajstić information content (AvgIpc) is 2.28. The molecule has 0 spiro atoms. The molecule has 1 aromatic heterocycles. The predicted octanol–water partition coefficient (Wildman–Crippen LogP) is 0.0179. The summed E-state index contributed by atoms with van der Waals surface area (Å²) in [7, 11) is -3.70. The quantitative estimate of drug-likeness (QED) is 0.737. The molecule has 0 aliphatic rings. The molecule has 0 aliphatic carbocycles. The molecule has 13 heavy (non-hydrogen) atoms. The van der Waals surface area contributed by atoms with Gasteiger partial charge in [-0.2, -0.15) is 0 Å². The van der Waals surface area contributed by atoms with Crippen molar-refractivity contribution >= 4 is 21.4 Å². The molecule has 0 radical (unpaired) electrons. The number of hydrogen-bond acceptors (Lipinski definition) is 5. The van der Waals surface area contributed by atoms with Crippen LogP contribution in [0.15, 0.2) is 10.4 Å². The van der Waals surface area contributed by atoms with Gasteiger partial charge in [-0.25, -0.2) is 18.5 Å². The molecule has 0 atom stereocenters. The van der Waals surface area contributed by atoms with Crippen LogP contribution in [0.4, 0.5) is 0 Å². The number of rotatable bonds is 2. The van der Waals surface area contributed by atoms with E-state index >= 15 is 0 Å². The van der Waals surface area contributed by atoms with Crippen LogP contribution in [0, 0.1) is 0 Å². The van der Waals surface area contributed by atoms with E-state index in [0.717, 1.165) is 17.5 Å². The topological polar surface area (TPSA) is 93.3 Å². The third-order valence-electron chi connectivity index (χ3n) is 1.29. The van der Waals surface area contributed by atoms with Crippen molar-refractivity contribution in [3.63, 3.8) is 0 Å². The van der Waals surface area contributed by atoms with Crippen LogP contribution in [0.2, 0.25) is 0 Å². The van der Waals surface area contributed by atoms with Gasteiger partial charge in [0.25, 0.3) is 0 Å². The van der Waals surface area contributed by atoms with E-state index in [1.54, 1.807) is 0 Å².